The van der Waals surface area contributed by atoms with E-state index in [9.17, 15) is 10.1 Å². The van der Waals surface area contributed by atoms with Gasteiger partial charge in [0.05, 0.1) is 18.1 Å². The maximum atomic E-state index is 10.7. The van der Waals surface area contributed by atoms with E-state index in [1.807, 2.05) is 0 Å². The van der Waals surface area contributed by atoms with E-state index in [0.717, 1.165) is 44.7 Å². The maximum Gasteiger partial charge on any atom is 0.269 e. The molecule has 0 atom stereocenters. The highest BCUT2D eigenvalue weighted by molar-refractivity contribution is 5.60. The van der Waals surface area contributed by atoms with Gasteiger partial charge in [-0.2, -0.15) is 0 Å². The van der Waals surface area contributed by atoms with Gasteiger partial charge in [0.2, 0.25) is 0 Å². The lowest BCUT2D eigenvalue weighted by Gasteiger charge is -2.30. The molecular weight excluding hydrogens is 268 g/mol. The second-order valence-electron chi connectivity index (χ2n) is 5.25. The Morgan fingerprint density at radius 1 is 1.19 bits per heavy atom. The number of non-ortho nitro benzene ring substituents is 1. The predicted molar refractivity (Wildman–Crippen MR) is 80.8 cm³/mol. The van der Waals surface area contributed by atoms with Gasteiger partial charge < -0.3 is 9.64 Å². The summed E-state index contributed by atoms with van der Waals surface area (Å²) in [6, 6.07) is 6.72. The fraction of sp³-hybridized carbons (Fsp3) is 0.375. The molecule has 1 aromatic rings. The molecule has 5 nitrogen and oxygen atoms in total. The van der Waals surface area contributed by atoms with Crippen LogP contribution >= 0.6 is 0 Å². The van der Waals surface area contributed by atoms with Crippen molar-refractivity contribution in [2.75, 3.05) is 26.3 Å². The summed E-state index contributed by atoms with van der Waals surface area (Å²) in [5.41, 5.74) is 3.76. The average molecular weight is 286 g/mol. The molecule has 0 N–H and O–H groups in total. The van der Waals surface area contributed by atoms with Crippen LogP contribution in [0, 0.1) is 10.1 Å². The standard InChI is InChI=1S/C16H18N2O3/c19-18(20)15-6-4-13(5-7-15)12-14-2-1-3-16(14)17-8-10-21-11-9-17/h3-7,12H,1-2,8-11H2/b14-12+. The number of nitro groups is 1. The second-order valence-corrected chi connectivity index (χ2v) is 5.25. The minimum atomic E-state index is -0.369. The van der Waals surface area contributed by atoms with Gasteiger partial charge in [-0.3, -0.25) is 10.1 Å². The second kappa shape index (κ2) is 6.10. The molecule has 1 fully saturated rings. The van der Waals surface area contributed by atoms with Crippen LogP contribution in [0.2, 0.25) is 0 Å². The fourth-order valence-corrected chi connectivity index (χ4v) is 2.80. The zero-order chi connectivity index (χ0) is 14.7. The number of morpholine rings is 1. The Morgan fingerprint density at radius 2 is 1.90 bits per heavy atom. The van der Waals surface area contributed by atoms with Crippen molar-refractivity contribution in [3.8, 4) is 0 Å². The molecular formula is C16H18N2O3. The molecule has 0 unspecified atom stereocenters. The smallest absolute Gasteiger partial charge is 0.269 e. The Morgan fingerprint density at radius 3 is 2.57 bits per heavy atom. The van der Waals surface area contributed by atoms with Crippen molar-refractivity contribution in [1.29, 1.82) is 0 Å². The van der Waals surface area contributed by atoms with Crippen molar-refractivity contribution in [2.45, 2.75) is 12.8 Å². The summed E-state index contributed by atoms with van der Waals surface area (Å²) in [7, 11) is 0. The Bertz CT molecular complexity index is 584. The van der Waals surface area contributed by atoms with E-state index < -0.39 is 0 Å². The van der Waals surface area contributed by atoms with Gasteiger partial charge in [-0.15, -0.1) is 0 Å². The average Bonchev–Trinajstić information content (AvgIpc) is 2.97. The van der Waals surface area contributed by atoms with Crippen LogP contribution in [0.4, 0.5) is 5.69 Å². The van der Waals surface area contributed by atoms with Crippen LogP contribution in [-0.4, -0.2) is 36.1 Å². The van der Waals surface area contributed by atoms with Gasteiger partial charge in [-0.1, -0.05) is 6.08 Å². The van der Waals surface area contributed by atoms with Crippen LogP contribution in [0.5, 0.6) is 0 Å². The Hall–Kier alpha value is -2.14. The van der Waals surface area contributed by atoms with Crippen LogP contribution in [0.25, 0.3) is 6.08 Å². The van der Waals surface area contributed by atoms with E-state index >= 15 is 0 Å². The minimum Gasteiger partial charge on any atom is -0.378 e. The third-order valence-corrected chi connectivity index (χ3v) is 3.88. The van der Waals surface area contributed by atoms with E-state index in [1.54, 1.807) is 24.3 Å². The molecule has 2 aliphatic rings. The number of nitro benzene ring substituents is 1. The molecule has 5 heteroatoms. The van der Waals surface area contributed by atoms with Crippen molar-refractivity contribution >= 4 is 11.8 Å². The van der Waals surface area contributed by atoms with Crippen LogP contribution in [0.15, 0.2) is 41.6 Å². The minimum absolute atomic E-state index is 0.132. The van der Waals surface area contributed by atoms with Gasteiger partial charge in [0.1, 0.15) is 0 Å². The highest BCUT2D eigenvalue weighted by Crippen LogP contribution is 2.30. The summed E-state index contributed by atoms with van der Waals surface area (Å²) in [4.78, 5) is 12.7. The summed E-state index contributed by atoms with van der Waals surface area (Å²) in [5, 5.41) is 10.7. The fourth-order valence-electron chi connectivity index (χ4n) is 2.80. The van der Waals surface area contributed by atoms with E-state index in [0.29, 0.717) is 0 Å². The largest absolute Gasteiger partial charge is 0.378 e. The van der Waals surface area contributed by atoms with Gasteiger partial charge in [0.25, 0.3) is 5.69 Å². The summed E-state index contributed by atoms with van der Waals surface area (Å²) in [6.07, 6.45) is 6.51. The van der Waals surface area contributed by atoms with Crippen molar-refractivity contribution < 1.29 is 9.66 Å². The number of hydrogen-bond donors (Lipinski definition) is 0. The van der Waals surface area contributed by atoms with Gasteiger partial charge >= 0.3 is 0 Å². The first-order valence-corrected chi connectivity index (χ1v) is 7.22. The number of nitrogens with zero attached hydrogens (tertiary/aromatic N) is 2. The van der Waals surface area contributed by atoms with E-state index in [4.69, 9.17) is 4.74 Å². The summed E-state index contributed by atoms with van der Waals surface area (Å²) >= 11 is 0. The third-order valence-electron chi connectivity index (χ3n) is 3.88. The number of allylic oxidation sites excluding steroid dienone is 2. The molecule has 1 heterocycles. The van der Waals surface area contributed by atoms with Crippen LogP contribution in [0.1, 0.15) is 18.4 Å². The maximum absolute atomic E-state index is 10.7. The number of rotatable bonds is 3. The molecule has 0 saturated carbocycles. The molecule has 3 rings (SSSR count). The SMILES string of the molecule is O=[N+]([O-])c1ccc(/C=C2\CCC=C2N2CCOCC2)cc1. The normalized spacial score (nSPS) is 20.7. The quantitative estimate of drug-likeness (QED) is 0.633. The molecule has 0 radical (unpaired) electrons. The number of ether oxygens (including phenoxy) is 1. The molecule has 1 aromatic carbocycles. The van der Waals surface area contributed by atoms with Crippen LogP contribution in [-0.2, 0) is 4.74 Å². The van der Waals surface area contributed by atoms with Crippen molar-refractivity contribution in [2.24, 2.45) is 0 Å². The number of hydrogen-bond acceptors (Lipinski definition) is 4. The first-order chi connectivity index (χ1) is 10.2. The van der Waals surface area contributed by atoms with Crippen molar-refractivity contribution in [3.05, 3.63) is 57.3 Å². The highest BCUT2D eigenvalue weighted by atomic mass is 16.6. The van der Waals surface area contributed by atoms with Gasteiger partial charge in [0.15, 0.2) is 0 Å². The number of benzene rings is 1. The van der Waals surface area contributed by atoms with Crippen molar-refractivity contribution in [1.82, 2.24) is 4.90 Å². The molecule has 0 aromatic heterocycles. The molecule has 0 bridgehead atoms. The molecule has 1 aliphatic carbocycles. The van der Waals surface area contributed by atoms with Crippen molar-refractivity contribution in [3.63, 3.8) is 0 Å². The van der Waals surface area contributed by atoms with E-state index in [2.05, 4.69) is 17.1 Å². The monoisotopic (exact) mass is 286 g/mol. The predicted octanol–water partition coefficient (Wildman–Crippen LogP) is 2.99. The Kier molecular flexibility index (Phi) is 4.01. The summed E-state index contributed by atoms with van der Waals surface area (Å²) in [5.74, 6) is 0. The van der Waals surface area contributed by atoms with E-state index in [1.165, 1.54) is 11.3 Å². The summed E-state index contributed by atoms with van der Waals surface area (Å²) < 4.78 is 5.40. The van der Waals surface area contributed by atoms with Gasteiger partial charge in [0, 0.05) is 30.9 Å². The molecule has 110 valence electrons. The highest BCUT2D eigenvalue weighted by Gasteiger charge is 2.20. The molecule has 0 spiro atoms. The van der Waals surface area contributed by atoms with Gasteiger partial charge in [-0.25, -0.2) is 0 Å². The van der Waals surface area contributed by atoms with Gasteiger partial charge in [-0.05, 0) is 42.2 Å². The first kappa shape index (κ1) is 13.8. The topological polar surface area (TPSA) is 55.6 Å². The lowest BCUT2D eigenvalue weighted by molar-refractivity contribution is -0.384. The third kappa shape index (κ3) is 3.13. The van der Waals surface area contributed by atoms with E-state index in [-0.39, 0.29) is 10.6 Å². The molecule has 1 saturated heterocycles. The summed E-state index contributed by atoms with van der Waals surface area (Å²) in [6.45, 7) is 3.43. The zero-order valence-corrected chi connectivity index (χ0v) is 11.8. The lowest BCUT2D eigenvalue weighted by Crippen LogP contribution is -2.35. The zero-order valence-electron chi connectivity index (χ0n) is 11.8. The first-order valence-electron chi connectivity index (χ1n) is 7.22. The molecule has 21 heavy (non-hydrogen) atoms. The van der Waals surface area contributed by atoms with Crippen LogP contribution < -0.4 is 0 Å². The molecule has 1 aliphatic heterocycles. The molecule has 0 amide bonds. The Balaban J connectivity index is 1.78. The Labute approximate surface area is 123 Å². The van der Waals surface area contributed by atoms with Crippen LogP contribution in [0.3, 0.4) is 0 Å². The lowest BCUT2D eigenvalue weighted by atomic mass is 10.1.